The lowest BCUT2D eigenvalue weighted by molar-refractivity contribution is 0.839. The van der Waals surface area contributed by atoms with E-state index in [4.69, 9.17) is 5.73 Å². The van der Waals surface area contributed by atoms with Gasteiger partial charge < -0.3 is 10.7 Å². The first-order valence-corrected chi connectivity index (χ1v) is 7.29. The number of aromatic amines is 1. The van der Waals surface area contributed by atoms with E-state index in [2.05, 4.69) is 10.1 Å². The van der Waals surface area contributed by atoms with Gasteiger partial charge in [-0.2, -0.15) is 4.68 Å². The van der Waals surface area contributed by atoms with Crippen molar-refractivity contribution in [1.82, 2.24) is 19.2 Å². The highest BCUT2D eigenvalue weighted by Gasteiger charge is 2.13. The first kappa shape index (κ1) is 14.0. The van der Waals surface area contributed by atoms with Gasteiger partial charge in [-0.1, -0.05) is 30.3 Å². The second kappa shape index (κ2) is 5.24. The van der Waals surface area contributed by atoms with Crippen molar-refractivity contribution in [2.45, 2.75) is 0 Å². The van der Waals surface area contributed by atoms with Crippen molar-refractivity contribution in [3.05, 3.63) is 81.6 Å². The molecule has 0 bridgehead atoms. The zero-order valence-electron chi connectivity index (χ0n) is 12.5. The molecular weight excluding hydrogens is 306 g/mol. The lowest BCUT2D eigenvalue weighted by Gasteiger charge is -2.01. The number of aromatic nitrogens is 4. The molecule has 7 nitrogen and oxygen atoms in total. The van der Waals surface area contributed by atoms with Gasteiger partial charge in [-0.05, 0) is 29.8 Å². The quantitative estimate of drug-likeness (QED) is 0.546. The minimum absolute atomic E-state index is 0.0384. The molecule has 4 aromatic rings. The van der Waals surface area contributed by atoms with Crippen molar-refractivity contribution in [3.63, 3.8) is 0 Å². The fraction of sp³-hybridized carbons (Fsp3) is 0. The molecule has 0 amide bonds. The molecule has 0 radical (unpaired) electrons. The van der Waals surface area contributed by atoms with Crippen LogP contribution in [-0.4, -0.2) is 19.2 Å². The predicted octanol–water partition coefficient (Wildman–Crippen LogP) is 1.42. The van der Waals surface area contributed by atoms with Gasteiger partial charge in [0.05, 0.1) is 11.4 Å². The summed E-state index contributed by atoms with van der Waals surface area (Å²) in [5, 5.41) is 4.13. The highest BCUT2D eigenvalue weighted by atomic mass is 16.2. The van der Waals surface area contributed by atoms with E-state index in [-0.39, 0.29) is 5.65 Å². The SMILES string of the molecule is Nc1ccc(-n2nc3c(=O)[nH]c(-c4ccccc4)cn3c2=O)cc1. The van der Waals surface area contributed by atoms with Crippen LogP contribution in [-0.2, 0) is 0 Å². The Labute approximate surface area is 135 Å². The van der Waals surface area contributed by atoms with Crippen LogP contribution in [0.25, 0.3) is 22.6 Å². The van der Waals surface area contributed by atoms with Gasteiger partial charge in [0.15, 0.2) is 0 Å². The molecule has 2 heterocycles. The van der Waals surface area contributed by atoms with Crippen molar-refractivity contribution in [3.8, 4) is 16.9 Å². The summed E-state index contributed by atoms with van der Waals surface area (Å²) in [6.07, 6.45) is 1.58. The van der Waals surface area contributed by atoms with Crippen LogP contribution in [0.5, 0.6) is 0 Å². The number of nitrogen functional groups attached to an aromatic ring is 1. The normalized spacial score (nSPS) is 11.0. The standard InChI is InChI=1S/C17H13N5O2/c18-12-6-8-13(9-7-12)22-17(24)21-10-14(11-4-2-1-3-5-11)19-16(23)15(21)20-22/h1-10H,18H2,(H,19,23). The third-order valence-electron chi connectivity index (χ3n) is 3.74. The highest BCUT2D eigenvalue weighted by Crippen LogP contribution is 2.14. The molecule has 0 aliphatic carbocycles. The first-order chi connectivity index (χ1) is 11.6. The van der Waals surface area contributed by atoms with E-state index in [1.165, 1.54) is 9.08 Å². The topological polar surface area (TPSA) is 98.2 Å². The van der Waals surface area contributed by atoms with Gasteiger partial charge in [0.1, 0.15) is 0 Å². The molecule has 0 atom stereocenters. The number of nitrogens with zero attached hydrogens (tertiary/aromatic N) is 3. The number of nitrogens with one attached hydrogen (secondary N) is 1. The van der Waals surface area contributed by atoms with Crippen molar-refractivity contribution in [1.29, 1.82) is 0 Å². The first-order valence-electron chi connectivity index (χ1n) is 7.29. The van der Waals surface area contributed by atoms with E-state index in [0.717, 1.165) is 5.56 Å². The highest BCUT2D eigenvalue weighted by molar-refractivity contribution is 5.59. The van der Waals surface area contributed by atoms with Crippen molar-refractivity contribution < 1.29 is 0 Å². The maximum atomic E-state index is 12.6. The van der Waals surface area contributed by atoms with Gasteiger partial charge in [0.2, 0.25) is 5.65 Å². The summed E-state index contributed by atoms with van der Waals surface area (Å²) >= 11 is 0. The summed E-state index contributed by atoms with van der Waals surface area (Å²) in [5.41, 5.74) is 7.33. The second-order valence-electron chi connectivity index (χ2n) is 5.34. The maximum Gasteiger partial charge on any atom is 0.355 e. The third kappa shape index (κ3) is 2.19. The van der Waals surface area contributed by atoms with Crippen LogP contribution in [0, 0.1) is 0 Å². The average Bonchev–Trinajstić information content (AvgIpc) is 2.94. The van der Waals surface area contributed by atoms with Gasteiger partial charge >= 0.3 is 5.69 Å². The molecule has 0 unspecified atom stereocenters. The van der Waals surface area contributed by atoms with Crippen molar-refractivity contribution in [2.24, 2.45) is 0 Å². The van der Waals surface area contributed by atoms with Gasteiger partial charge in [-0.3, -0.25) is 4.79 Å². The van der Waals surface area contributed by atoms with E-state index in [1.807, 2.05) is 30.3 Å². The molecule has 0 aliphatic heterocycles. The van der Waals surface area contributed by atoms with Gasteiger partial charge in [0.25, 0.3) is 5.56 Å². The molecule has 2 aromatic heterocycles. The Morgan fingerprint density at radius 1 is 0.958 bits per heavy atom. The molecule has 4 rings (SSSR count). The Morgan fingerprint density at radius 3 is 2.38 bits per heavy atom. The molecule has 0 aliphatic rings. The average molecular weight is 319 g/mol. The van der Waals surface area contributed by atoms with Crippen molar-refractivity contribution >= 4 is 11.3 Å². The number of hydrogen-bond donors (Lipinski definition) is 2. The number of rotatable bonds is 2. The van der Waals surface area contributed by atoms with E-state index in [0.29, 0.717) is 17.1 Å². The zero-order valence-corrected chi connectivity index (χ0v) is 12.5. The molecule has 0 saturated heterocycles. The van der Waals surface area contributed by atoms with Crippen LogP contribution >= 0.6 is 0 Å². The van der Waals surface area contributed by atoms with Crippen LogP contribution < -0.4 is 17.0 Å². The van der Waals surface area contributed by atoms with Gasteiger partial charge in [-0.15, -0.1) is 5.10 Å². The molecule has 7 heteroatoms. The molecular formula is C17H13N5O2. The molecule has 0 saturated carbocycles. The maximum absolute atomic E-state index is 12.6. The number of H-pyrrole nitrogens is 1. The summed E-state index contributed by atoms with van der Waals surface area (Å²) in [5.74, 6) is 0. The summed E-state index contributed by atoms with van der Waals surface area (Å²) in [4.78, 5) is 27.7. The van der Waals surface area contributed by atoms with Gasteiger partial charge in [-0.25, -0.2) is 9.20 Å². The third-order valence-corrected chi connectivity index (χ3v) is 3.74. The van der Waals surface area contributed by atoms with E-state index in [9.17, 15) is 9.59 Å². The summed E-state index contributed by atoms with van der Waals surface area (Å²) in [7, 11) is 0. The van der Waals surface area contributed by atoms with E-state index in [1.54, 1.807) is 30.5 Å². The number of anilines is 1. The fourth-order valence-corrected chi connectivity index (χ4v) is 2.54. The molecule has 24 heavy (non-hydrogen) atoms. The molecule has 0 fully saturated rings. The second-order valence-corrected chi connectivity index (χ2v) is 5.34. The number of nitrogens with two attached hydrogens (primary N) is 1. The Morgan fingerprint density at radius 2 is 1.67 bits per heavy atom. The van der Waals surface area contributed by atoms with Crippen LogP contribution in [0.1, 0.15) is 0 Å². The lowest BCUT2D eigenvalue weighted by atomic mass is 10.2. The number of hydrogen-bond acceptors (Lipinski definition) is 4. The zero-order chi connectivity index (χ0) is 16.7. The predicted molar refractivity (Wildman–Crippen MR) is 91.3 cm³/mol. The smallest absolute Gasteiger partial charge is 0.355 e. The van der Waals surface area contributed by atoms with Crippen LogP contribution in [0.2, 0.25) is 0 Å². The Kier molecular flexibility index (Phi) is 3.06. The Hall–Kier alpha value is -3.61. The monoisotopic (exact) mass is 319 g/mol. The van der Waals surface area contributed by atoms with Crippen molar-refractivity contribution in [2.75, 3.05) is 5.73 Å². The number of fused-ring (bicyclic) bond motifs is 1. The van der Waals surface area contributed by atoms with E-state index < -0.39 is 11.2 Å². The minimum atomic E-state index is -0.428. The Bertz CT molecular complexity index is 1140. The molecule has 0 spiro atoms. The van der Waals surface area contributed by atoms with E-state index >= 15 is 0 Å². The van der Waals surface area contributed by atoms with Crippen LogP contribution in [0.4, 0.5) is 5.69 Å². The summed E-state index contributed by atoms with van der Waals surface area (Å²) in [6.45, 7) is 0. The largest absolute Gasteiger partial charge is 0.399 e. The van der Waals surface area contributed by atoms with Crippen LogP contribution in [0.15, 0.2) is 70.4 Å². The molecule has 118 valence electrons. The Balaban J connectivity index is 1.96. The van der Waals surface area contributed by atoms with Gasteiger partial charge in [0, 0.05) is 11.9 Å². The fourth-order valence-electron chi connectivity index (χ4n) is 2.54. The molecule has 3 N–H and O–H groups in total. The summed E-state index contributed by atoms with van der Waals surface area (Å²) in [6, 6.07) is 16.0. The minimum Gasteiger partial charge on any atom is -0.399 e. The molecule has 2 aromatic carbocycles. The van der Waals surface area contributed by atoms with Crippen LogP contribution in [0.3, 0.4) is 0 Å². The lowest BCUT2D eigenvalue weighted by Crippen LogP contribution is -2.21. The summed E-state index contributed by atoms with van der Waals surface area (Å²) < 4.78 is 2.43. The number of benzene rings is 2.